The number of aliphatic carboxylic acids is 1. The summed E-state index contributed by atoms with van der Waals surface area (Å²) in [5, 5.41) is 23.4. The quantitative estimate of drug-likeness (QED) is 0.250. The smallest absolute Gasteiger partial charge is 0.419 e. The van der Waals surface area contributed by atoms with E-state index >= 15 is 0 Å². The fourth-order valence-electron chi connectivity index (χ4n) is 5.86. The van der Waals surface area contributed by atoms with Gasteiger partial charge < -0.3 is 25.2 Å². The maximum Gasteiger partial charge on any atom is 0.419 e. The van der Waals surface area contributed by atoms with Crippen LogP contribution >= 0.6 is 11.3 Å². The third-order valence-electron chi connectivity index (χ3n) is 8.16. The fraction of sp³-hybridized carbons (Fsp3) is 0.533. The number of thiazole rings is 1. The maximum atomic E-state index is 14.0. The highest BCUT2D eigenvalue weighted by Crippen LogP contribution is 2.41. The Morgan fingerprint density at radius 3 is 2.60 bits per heavy atom. The van der Waals surface area contributed by atoms with Crippen LogP contribution in [0.2, 0.25) is 0 Å². The normalized spacial score (nSPS) is 20.4. The molecule has 244 valence electrons. The molecule has 1 unspecified atom stereocenters. The molecule has 2 saturated heterocycles. The molecule has 15 heteroatoms. The number of carboxylic acids is 1. The van der Waals surface area contributed by atoms with Crippen molar-refractivity contribution in [1.82, 2.24) is 24.8 Å². The molecule has 4 heterocycles. The third kappa shape index (κ3) is 7.83. The number of anilines is 2. The largest absolute Gasteiger partial charge is 0.493 e. The molecule has 2 aliphatic heterocycles. The summed E-state index contributed by atoms with van der Waals surface area (Å²) in [6.07, 6.45) is -0.745. The van der Waals surface area contributed by atoms with Gasteiger partial charge in [0.25, 0.3) is 0 Å². The van der Waals surface area contributed by atoms with Crippen LogP contribution in [-0.2, 0) is 17.5 Å². The van der Waals surface area contributed by atoms with Gasteiger partial charge in [-0.1, -0.05) is 0 Å². The molecule has 2 fully saturated rings. The van der Waals surface area contributed by atoms with Crippen molar-refractivity contribution in [3.63, 3.8) is 0 Å². The van der Waals surface area contributed by atoms with Crippen LogP contribution in [0.15, 0.2) is 30.6 Å². The summed E-state index contributed by atoms with van der Waals surface area (Å²) in [5.41, 5.74) is 0.119. The summed E-state index contributed by atoms with van der Waals surface area (Å²) in [5.74, 6) is -0.481. The number of carbonyl (C=O) groups is 1. The molecule has 0 aliphatic carbocycles. The second kappa shape index (κ2) is 13.8. The number of ether oxygens (including phenoxy) is 1. The molecule has 45 heavy (non-hydrogen) atoms. The average Bonchev–Trinajstić information content (AvgIpc) is 3.58. The van der Waals surface area contributed by atoms with E-state index in [9.17, 15) is 23.1 Å². The van der Waals surface area contributed by atoms with E-state index < -0.39 is 23.9 Å². The number of rotatable bonds is 11. The van der Waals surface area contributed by atoms with Gasteiger partial charge in [0, 0.05) is 48.7 Å². The van der Waals surface area contributed by atoms with Crippen molar-refractivity contribution in [2.45, 2.75) is 64.6 Å². The standard InChI is InChI=1S/C30H38F3N7O4S/c1-4-44-23-8-7-20(12-21(23)30(31,32)33)27-24(16-39-9-5-6-18(39)2)45-29(36-27)37-28(43)22-13-35-25(14-34-22)40-11-10-38(15-19(40)3)17-26(41)42/h7-8,12-14,18-19,28,43H,4-6,9-11,15-17H2,1-3H3,(H,36,37)(H,41,42)/t18-,19-,28?/m1/s1. The molecule has 3 N–H and O–H groups in total. The summed E-state index contributed by atoms with van der Waals surface area (Å²) < 4.78 is 47.1. The first-order valence-electron chi connectivity index (χ1n) is 15.0. The van der Waals surface area contributed by atoms with Crippen molar-refractivity contribution in [3.8, 4) is 17.0 Å². The number of likely N-dealkylation sites (tertiary alicyclic amines) is 1. The second-order valence-electron chi connectivity index (χ2n) is 11.4. The van der Waals surface area contributed by atoms with E-state index in [4.69, 9.17) is 9.84 Å². The molecule has 5 rings (SSSR count). The number of benzene rings is 1. The fourth-order valence-corrected chi connectivity index (χ4v) is 6.89. The minimum absolute atomic E-state index is 0.0139. The molecule has 0 amide bonds. The van der Waals surface area contributed by atoms with Crippen molar-refractivity contribution in [1.29, 1.82) is 0 Å². The van der Waals surface area contributed by atoms with Crippen LogP contribution in [0.4, 0.5) is 24.1 Å². The molecular weight excluding hydrogens is 611 g/mol. The first-order valence-corrected chi connectivity index (χ1v) is 15.8. The molecule has 2 aliphatic rings. The molecular formula is C30H38F3N7O4S. The van der Waals surface area contributed by atoms with Gasteiger partial charge in [0.15, 0.2) is 11.4 Å². The van der Waals surface area contributed by atoms with E-state index in [1.54, 1.807) is 19.2 Å². The summed E-state index contributed by atoms with van der Waals surface area (Å²) in [7, 11) is 0. The lowest BCUT2D eigenvalue weighted by atomic mass is 10.1. The number of piperazine rings is 1. The van der Waals surface area contributed by atoms with Crippen LogP contribution in [-0.4, -0.2) is 92.3 Å². The Hall–Kier alpha value is -3.53. The van der Waals surface area contributed by atoms with Gasteiger partial charge in [-0.15, -0.1) is 11.3 Å². The highest BCUT2D eigenvalue weighted by Gasteiger charge is 2.35. The number of nitrogens with one attached hydrogen (secondary N) is 1. The van der Waals surface area contributed by atoms with E-state index in [2.05, 4.69) is 32.1 Å². The lowest BCUT2D eigenvalue weighted by molar-refractivity contribution is -0.139. The van der Waals surface area contributed by atoms with Gasteiger partial charge in [0.05, 0.1) is 36.8 Å². The molecule has 3 atom stereocenters. The zero-order valence-corrected chi connectivity index (χ0v) is 26.2. The second-order valence-corrected chi connectivity index (χ2v) is 12.5. The highest BCUT2D eigenvalue weighted by atomic mass is 32.1. The van der Waals surface area contributed by atoms with E-state index in [0.29, 0.717) is 54.4 Å². The Kier molecular flexibility index (Phi) is 10.1. The van der Waals surface area contributed by atoms with E-state index in [1.165, 1.54) is 23.6 Å². The number of aliphatic hydroxyl groups excluding tert-OH is 1. The monoisotopic (exact) mass is 649 g/mol. The predicted molar refractivity (Wildman–Crippen MR) is 164 cm³/mol. The van der Waals surface area contributed by atoms with Gasteiger partial charge >= 0.3 is 12.1 Å². The van der Waals surface area contributed by atoms with Crippen molar-refractivity contribution in [3.05, 3.63) is 46.7 Å². The molecule has 0 saturated carbocycles. The predicted octanol–water partition coefficient (Wildman–Crippen LogP) is 4.70. The van der Waals surface area contributed by atoms with Gasteiger partial charge in [-0.05, 0) is 58.4 Å². The number of carboxylic acid groups (broad SMARTS) is 1. The van der Waals surface area contributed by atoms with E-state index in [0.717, 1.165) is 30.3 Å². The van der Waals surface area contributed by atoms with Crippen molar-refractivity contribution >= 4 is 28.3 Å². The van der Waals surface area contributed by atoms with Crippen LogP contribution in [0.1, 0.15) is 56.0 Å². The molecule has 2 aromatic heterocycles. The number of hydrogen-bond donors (Lipinski definition) is 3. The average molecular weight is 650 g/mol. The van der Waals surface area contributed by atoms with Gasteiger partial charge in [-0.2, -0.15) is 13.2 Å². The van der Waals surface area contributed by atoms with Crippen molar-refractivity contribution in [2.24, 2.45) is 0 Å². The van der Waals surface area contributed by atoms with Crippen LogP contribution in [0.25, 0.3) is 11.3 Å². The number of aliphatic hydroxyl groups is 1. The van der Waals surface area contributed by atoms with Crippen molar-refractivity contribution in [2.75, 3.05) is 49.5 Å². The Labute approximate surface area is 263 Å². The number of halogens is 3. The zero-order valence-electron chi connectivity index (χ0n) is 25.4. The first kappa shape index (κ1) is 32.9. The molecule has 0 spiro atoms. The summed E-state index contributed by atoms with van der Waals surface area (Å²) in [6.45, 7) is 8.99. The lowest BCUT2D eigenvalue weighted by Crippen LogP contribution is -2.53. The summed E-state index contributed by atoms with van der Waals surface area (Å²) in [6, 6.07) is 4.34. The Balaban J connectivity index is 1.36. The number of aromatic nitrogens is 3. The van der Waals surface area contributed by atoms with E-state index in [1.807, 2.05) is 16.7 Å². The maximum absolute atomic E-state index is 14.0. The first-order chi connectivity index (χ1) is 21.4. The minimum atomic E-state index is -4.61. The van der Waals surface area contributed by atoms with Gasteiger partial charge in [0.2, 0.25) is 0 Å². The van der Waals surface area contributed by atoms with Crippen LogP contribution in [0.3, 0.4) is 0 Å². The Morgan fingerprint density at radius 2 is 1.98 bits per heavy atom. The van der Waals surface area contributed by atoms with Crippen molar-refractivity contribution < 1.29 is 32.9 Å². The molecule has 0 radical (unpaired) electrons. The summed E-state index contributed by atoms with van der Waals surface area (Å²) in [4.78, 5) is 31.6. The Bertz CT molecular complexity index is 1470. The Morgan fingerprint density at radius 1 is 1.18 bits per heavy atom. The molecule has 0 bridgehead atoms. The number of alkyl halides is 3. The van der Waals surface area contributed by atoms with Crippen LogP contribution in [0, 0.1) is 0 Å². The van der Waals surface area contributed by atoms with E-state index in [-0.39, 0.29) is 30.6 Å². The molecule has 3 aromatic rings. The number of hydrogen-bond acceptors (Lipinski definition) is 11. The topological polar surface area (TPSA) is 127 Å². The third-order valence-corrected chi connectivity index (χ3v) is 9.13. The summed E-state index contributed by atoms with van der Waals surface area (Å²) >= 11 is 1.29. The van der Waals surface area contributed by atoms with Gasteiger partial charge in [-0.25, -0.2) is 9.97 Å². The zero-order chi connectivity index (χ0) is 32.3. The van der Waals surface area contributed by atoms with Gasteiger partial charge in [0.1, 0.15) is 17.3 Å². The minimum Gasteiger partial charge on any atom is -0.493 e. The highest BCUT2D eigenvalue weighted by molar-refractivity contribution is 7.16. The van der Waals surface area contributed by atoms with Gasteiger partial charge in [-0.3, -0.25) is 19.6 Å². The lowest BCUT2D eigenvalue weighted by Gasteiger charge is -2.39. The number of nitrogens with zero attached hydrogens (tertiary/aromatic N) is 6. The molecule has 1 aromatic carbocycles. The van der Waals surface area contributed by atoms with Crippen LogP contribution < -0.4 is 15.0 Å². The molecule has 11 nitrogen and oxygen atoms in total. The van der Waals surface area contributed by atoms with Crippen LogP contribution in [0.5, 0.6) is 5.75 Å². The SMILES string of the molecule is CCOc1ccc(-c2nc(NC(O)c3cnc(N4CCN(CC(=O)O)C[C@H]4C)cn3)sc2CN2CCC[C@H]2C)cc1C(F)(F)F.